The second kappa shape index (κ2) is 13.4. The summed E-state index contributed by atoms with van der Waals surface area (Å²) in [5.41, 5.74) is 1.22. The molecule has 0 saturated carbocycles. The fourth-order valence-corrected chi connectivity index (χ4v) is 4.42. The molecule has 0 spiro atoms. The first-order valence-electron chi connectivity index (χ1n) is 10.9. The lowest BCUT2D eigenvalue weighted by Crippen LogP contribution is -2.45. The first-order chi connectivity index (χ1) is 15.2. The maximum Gasteiger partial charge on any atom is 0.239 e. The molecule has 0 bridgehead atoms. The molecule has 1 amide bonds. The van der Waals surface area contributed by atoms with Crippen molar-refractivity contribution in [3.63, 3.8) is 0 Å². The van der Waals surface area contributed by atoms with E-state index in [9.17, 15) is 4.79 Å². The Balaban J connectivity index is 1.40. The predicted molar refractivity (Wildman–Crippen MR) is 130 cm³/mol. The molecule has 3 rings (SSSR count). The average Bonchev–Trinajstić information content (AvgIpc) is 3.31. The third-order valence-corrected chi connectivity index (χ3v) is 6.46. The summed E-state index contributed by atoms with van der Waals surface area (Å²) in [5.74, 6) is -0.0392. The molecule has 1 fully saturated rings. The Labute approximate surface area is 194 Å². The van der Waals surface area contributed by atoms with Crippen molar-refractivity contribution < 1.29 is 9.53 Å². The van der Waals surface area contributed by atoms with E-state index in [0.717, 1.165) is 58.8 Å². The Kier molecular flexibility index (Phi) is 10.2. The topological polar surface area (TPSA) is 56.8 Å². The number of rotatable bonds is 11. The van der Waals surface area contributed by atoms with Crippen LogP contribution in [0.5, 0.6) is 0 Å². The van der Waals surface area contributed by atoms with Gasteiger partial charge >= 0.3 is 0 Å². The van der Waals surface area contributed by atoms with E-state index in [1.807, 2.05) is 18.2 Å². The Morgan fingerprint density at radius 1 is 1.13 bits per heavy atom. The first kappa shape index (κ1) is 23.7. The highest BCUT2D eigenvalue weighted by Crippen LogP contribution is 2.13. The van der Waals surface area contributed by atoms with Crippen molar-refractivity contribution in [1.82, 2.24) is 20.4 Å². The molecule has 1 aliphatic heterocycles. The van der Waals surface area contributed by atoms with Crippen LogP contribution in [-0.2, 0) is 22.5 Å². The van der Waals surface area contributed by atoms with Crippen LogP contribution in [0.1, 0.15) is 16.9 Å². The van der Waals surface area contributed by atoms with Crippen molar-refractivity contribution in [2.45, 2.75) is 19.4 Å². The van der Waals surface area contributed by atoms with Gasteiger partial charge in [0, 0.05) is 37.6 Å². The second-order valence-corrected chi connectivity index (χ2v) is 8.97. The van der Waals surface area contributed by atoms with E-state index in [2.05, 4.69) is 50.1 Å². The largest absolute Gasteiger partial charge is 0.379 e. The highest BCUT2D eigenvalue weighted by Gasteiger charge is 2.14. The van der Waals surface area contributed by atoms with Gasteiger partial charge in [0.15, 0.2) is 5.11 Å². The number of benzene rings is 1. The number of morpholine rings is 1. The summed E-state index contributed by atoms with van der Waals surface area (Å²) in [6, 6.07) is 14.3. The smallest absolute Gasteiger partial charge is 0.239 e. The molecule has 1 aromatic heterocycles. The zero-order valence-electron chi connectivity index (χ0n) is 17.9. The minimum atomic E-state index is -0.0392. The molecule has 1 aliphatic rings. The van der Waals surface area contributed by atoms with Gasteiger partial charge in [-0.3, -0.25) is 9.69 Å². The molecule has 6 nitrogen and oxygen atoms in total. The molecule has 168 valence electrons. The fourth-order valence-electron chi connectivity index (χ4n) is 3.47. The highest BCUT2D eigenvalue weighted by atomic mass is 32.1. The number of carbonyl (C=O) groups excluding carboxylic acids is 1. The number of carbonyl (C=O) groups is 1. The summed E-state index contributed by atoms with van der Waals surface area (Å²) in [7, 11) is 0. The molecule has 31 heavy (non-hydrogen) atoms. The molecule has 2 heterocycles. The number of thiocarbonyl (C=S) groups is 1. The quantitative estimate of drug-likeness (QED) is 0.503. The van der Waals surface area contributed by atoms with E-state index < -0.39 is 0 Å². The molecule has 1 aromatic carbocycles. The summed E-state index contributed by atoms with van der Waals surface area (Å²) in [6.45, 7) is 7.10. The van der Waals surface area contributed by atoms with E-state index in [4.69, 9.17) is 17.0 Å². The lowest BCUT2D eigenvalue weighted by molar-refractivity contribution is -0.119. The van der Waals surface area contributed by atoms with Gasteiger partial charge in [0.25, 0.3) is 0 Å². The number of ether oxygens (including phenoxy) is 1. The van der Waals surface area contributed by atoms with Gasteiger partial charge in [0.2, 0.25) is 5.91 Å². The van der Waals surface area contributed by atoms with Gasteiger partial charge < -0.3 is 20.3 Å². The number of amides is 1. The van der Waals surface area contributed by atoms with Crippen molar-refractivity contribution in [3.05, 3.63) is 58.3 Å². The number of hydrogen-bond donors (Lipinski definition) is 2. The number of nitrogens with zero attached hydrogens (tertiary/aromatic N) is 2. The summed E-state index contributed by atoms with van der Waals surface area (Å²) < 4.78 is 5.42. The number of nitrogens with one attached hydrogen (secondary N) is 2. The minimum absolute atomic E-state index is 0.0392. The van der Waals surface area contributed by atoms with Gasteiger partial charge in [0.1, 0.15) is 0 Å². The van der Waals surface area contributed by atoms with Crippen LogP contribution < -0.4 is 10.6 Å². The van der Waals surface area contributed by atoms with E-state index in [0.29, 0.717) is 11.7 Å². The predicted octanol–water partition coefficient (Wildman–Crippen LogP) is 2.51. The first-order valence-corrected chi connectivity index (χ1v) is 12.2. The van der Waals surface area contributed by atoms with Crippen LogP contribution in [0.3, 0.4) is 0 Å². The fraction of sp³-hybridized carbons (Fsp3) is 0.478. The average molecular weight is 461 g/mol. The molecule has 0 unspecified atom stereocenters. The zero-order chi connectivity index (χ0) is 21.7. The van der Waals surface area contributed by atoms with Crippen molar-refractivity contribution in [3.8, 4) is 0 Å². The van der Waals surface area contributed by atoms with Gasteiger partial charge in [-0.15, -0.1) is 11.3 Å². The molecule has 1 saturated heterocycles. The van der Waals surface area contributed by atoms with E-state index >= 15 is 0 Å². The number of thiophene rings is 1. The molecule has 2 N–H and O–H groups in total. The Morgan fingerprint density at radius 3 is 2.68 bits per heavy atom. The van der Waals surface area contributed by atoms with Crippen LogP contribution in [0, 0.1) is 0 Å². The molecular weight excluding hydrogens is 428 g/mol. The van der Waals surface area contributed by atoms with Crippen molar-refractivity contribution in [2.24, 2.45) is 0 Å². The van der Waals surface area contributed by atoms with E-state index in [1.165, 1.54) is 10.4 Å². The second-order valence-electron chi connectivity index (χ2n) is 7.55. The van der Waals surface area contributed by atoms with E-state index in [1.54, 1.807) is 11.3 Å². The van der Waals surface area contributed by atoms with Gasteiger partial charge in [0.05, 0.1) is 26.3 Å². The van der Waals surface area contributed by atoms with Gasteiger partial charge in [-0.05, 0) is 42.1 Å². The van der Waals surface area contributed by atoms with Crippen LogP contribution in [0.2, 0.25) is 0 Å². The van der Waals surface area contributed by atoms with Crippen LogP contribution in [0.15, 0.2) is 47.8 Å². The van der Waals surface area contributed by atoms with E-state index in [-0.39, 0.29) is 12.5 Å². The van der Waals surface area contributed by atoms with Crippen LogP contribution >= 0.6 is 23.6 Å². The van der Waals surface area contributed by atoms with Crippen LogP contribution in [-0.4, -0.2) is 73.3 Å². The van der Waals surface area contributed by atoms with Crippen LogP contribution in [0.25, 0.3) is 0 Å². The Bertz CT molecular complexity index is 780. The van der Waals surface area contributed by atoms with Crippen molar-refractivity contribution in [1.29, 1.82) is 0 Å². The molecule has 0 aliphatic carbocycles. The minimum Gasteiger partial charge on any atom is -0.379 e. The van der Waals surface area contributed by atoms with Crippen LogP contribution in [0.4, 0.5) is 0 Å². The summed E-state index contributed by atoms with van der Waals surface area (Å²) in [4.78, 5) is 18.1. The summed E-state index contributed by atoms with van der Waals surface area (Å²) >= 11 is 7.36. The van der Waals surface area contributed by atoms with Gasteiger partial charge in [-0.2, -0.15) is 0 Å². The highest BCUT2D eigenvalue weighted by molar-refractivity contribution is 7.80. The lowest BCUT2D eigenvalue weighted by atomic mass is 10.1. The molecule has 8 heteroatoms. The van der Waals surface area contributed by atoms with Gasteiger partial charge in [-0.1, -0.05) is 36.4 Å². The van der Waals surface area contributed by atoms with Crippen molar-refractivity contribution in [2.75, 3.05) is 52.5 Å². The monoisotopic (exact) mass is 460 g/mol. The molecule has 0 atom stereocenters. The standard InChI is InChI=1S/C23H32N4O2S2/c28-22(24-10-9-20-6-2-1-3-7-20)18-25-23(30)27(19-21-8-4-17-31-21)12-5-11-26-13-15-29-16-14-26/h1-4,6-8,17H,5,9-16,18-19H2,(H,24,28)(H,25,30). The maximum absolute atomic E-state index is 12.2. The summed E-state index contributed by atoms with van der Waals surface area (Å²) in [5, 5.41) is 8.82. The third-order valence-electron chi connectivity index (χ3n) is 5.20. The molecule has 2 aromatic rings. The summed E-state index contributed by atoms with van der Waals surface area (Å²) in [6.07, 6.45) is 1.85. The normalized spacial score (nSPS) is 14.2. The Hall–Kier alpha value is -2.00. The molecule has 0 radical (unpaired) electrons. The SMILES string of the molecule is O=C(CNC(=S)N(CCCN1CCOCC1)Cc1cccs1)NCCc1ccccc1. The van der Waals surface area contributed by atoms with Gasteiger partial charge in [-0.25, -0.2) is 0 Å². The Morgan fingerprint density at radius 2 is 1.94 bits per heavy atom. The third kappa shape index (κ3) is 8.95. The maximum atomic E-state index is 12.2. The number of hydrogen-bond acceptors (Lipinski definition) is 5. The molecular formula is C23H32N4O2S2. The zero-order valence-corrected chi connectivity index (χ0v) is 19.6. The lowest BCUT2D eigenvalue weighted by Gasteiger charge is -2.29. The van der Waals surface area contributed by atoms with Crippen molar-refractivity contribution >= 4 is 34.6 Å².